The molecule has 2 aromatic heterocycles. The molecule has 3 aromatic rings. The van der Waals surface area contributed by atoms with Crippen molar-refractivity contribution in [3.8, 4) is 11.5 Å². The van der Waals surface area contributed by atoms with Gasteiger partial charge in [0, 0.05) is 18.4 Å². The topological polar surface area (TPSA) is 93.8 Å². The van der Waals surface area contributed by atoms with E-state index in [1.54, 1.807) is 0 Å². The predicted octanol–water partition coefficient (Wildman–Crippen LogP) is 3.41. The van der Waals surface area contributed by atoms with Crippen LogP contribution in [0.4, 0.5) is 13.9 Å². The molecule has 1 aromatic carbocycles. The maximum absolute atomic E-state index is 12.4. The van der Waals surface area contributed by atoms with Gasteiger partial charge in [-0.1, -0.05) is 29.0 Å². The highest BCUT2D eigenvalue weighted by atomic mass is 32.1. The Bertz CT molecular complexity index is 863. The number of aromatic nitrogens is 4. The predicted molar refractivity (Wildman–Crippen MR) is 86.3 cm³/mol. The van der Waals surface area contributed by atoms with Gasteiger partial charge in [0.2, 0.25) is 22.8 Å². The number of benzene rings is 1. The monoisotopic (exact) mass is 365 g/mol. The summed E-state index contributed by atoms with van der Waals surface area (Å²) in [6, 6.07) is 7.61. The van der Waals surface area contributed by atoms with Crippen LogP contribution in [-0.4, -0.2) is 26.3 Å². The van der Waals surface area contributed by atoms with Crippen LogP contribution >= 0.6 is 11.3 Å². The van der Waals surface area contributed by atoms with E-state index in [9.17, 15) is 13.6 Å². The molecule has 10 heteroatoms. The minimum absolute atomic E-state index is 0.0335. The van der Waals surface area contributed by atoms with Gasteiger partial charge in [0.1, 0.15) is 0 Å². The van der Waals surface area contributed by atoms with Gasteiger partial charge in [0.15, 0.2) is 5.01 Å². The lowest BCUT2D eigenvalue weighted by molar-refractivity contribution is -0.116. The zero-order chi connectivity index (χ0) is 17.8. The van der Waals surface area contributed by atoms with Crippen molar-refractivity contribution >= 4 is 22.4 Å². The summed E-state index contributed by atoms with van der Waals surface area (Å²) in [6.07, 6.45) is -2.42. The highest BCUT2D eigenvalue weighted by molar-refractivity contribution is 7.15. The average Bonchev–Trinajstić information content (AvgIpc) is 3.23. The van der Waals surface area contributed by atoms with Gasteiger partial charge in [0.25, 0.3) is 6.43 Å². The number of aryl methyl sites for hydroxylation is 2. The first-order chi connectivity index (χ1) is 12.0. The molecule has 0 aliphatic carbocycles. The molecule has 25 heavy (non-hydrogen) atoms. The fourth-order valence-corrected chi connectivity index (χ4v) is 2.56. The minimum Gasteiger partial charge on any atom is -0.421 e. The third-order valence-electron chi connectivity index (χ3n) is 3.20. The second kappa shape index (κ2) is 7.43. The SMILES string of the molecule is Cc1ccc(-c2nnc(CCC(=O)Nc3nnc(C(F)F)s3)o2)cc1. The summed E-state index contributed by atoms with van der Waals surface area (Å²) in [5, 5.41) is 16.6. The molecule has 7 nitrogen and oxygen atoms in total. The molecule has 0 fully saturated rings. The summed E-state index contributed by atoms with van der Waals surface area (Å²) in [6.45, 7) is 1.98. The van der Waals surface area contributed by atoms with Crippen LogP contribution in [0.3, 0.4) is 0 Å². The maximum Gasteiger partial charge on any atom is 0.291 e. The number of carbonyl (C=O) groups excluding carboxylic acids is 1. The standard InChI is InChI=1S/C15H13F2N5O2S/c1-8-2-4-9(5-3-8)13-20-19-11(24-13)7-6-10(23)18-15-22-21-14(25-15)12(16)17/h2-5,12H,6-7H2,1H3,(H,18,22,23). The van der Waals surface area contributed by atoms with Crippen LogP contribution in [0.25, 0.3) is 11.5 Å². The summed E-state index contributed by atoms with van der Waals surface area (Å²) < 4.78 is 30.4. The van der Waals surface area contributed by atoms with Crippen molar-refractivity contribution in [1.29, 1.82) is 0 Å². The molecule has 0 saturated heterocycles. The van der Waals surface area contributed by atoms with Gasteiger partial charge in [-0.25, -0.2) is 8.78 Å². The van der Waals surface area contributed by atoms with E-state index in [0.717, 1.165) is 11.1 Å². The van der Waals surface area contributed by atoms with Crippen molar-refractivity contribution in [3.63, 3.8) is 0 Å². The van der Waals surface area contributed by atoms with Crippen LogP contribution < -0.4 is 5.32 Å². The summed E-state index contributed by atoms with van der Waals surface area (Å²) in [5.41, 5.74) is 1.91. The summed E-state index contributed by atoms with van der Waals surface area (Å²) in [7, 11) is 0. The molecule has 0 aliphatic rings. The van der Waals surface area contributed by atoms with E-state index < -0.39 is 17.3 Å². The fraction of sp³-hybridized carbons (Fsp3) is 0.267. The van der Waals surface area contributed by atoms with Crippen LogP contribution in [0.2, 0.25) is 0 Å². The minimum atomic E-state index is -2.71. The zero-order valence-corrected chi connectivity index (χ0v) is 13.9. The molecule has 0 radical (unpaired) electrons. The van der Waals surface area contributed by atoms with Gasteiger partial charge in [-0.2, -0.15) is 0 Å². The van der Waals surface area contributed by atoms with Crippen molar-refractivity contribution in [2.45, 2.75) is 26.2 Å². The first-order valence-corrected chi connectivity index (χ1v) is 8.14. The van der Waals surface area contributed by atoms with Gasteiger partial charge in [-0.05, 0) is 19.1 Å². The molecular formula is C15H13F2N5O2S. The Kier molecular flexibility index (Phi) is 5.08. The molecule has 0 aliphatic heterocycles. The summed E-state index contributed by atoms with van der Waals surface area (Å²) in [5.74, 6) is 0.296. The molecule has 1 N–H and O–H groups in total. The molecule has 1 amide bonds. The zero-order valence-electron chi connectivity index (χ0n) is 13.1. The summed E-state index contributed by atoms with van der Waals surface area (Å²) in [4.78, 5) is 11.8. The smallest absolute Gasteiger partial charge is 0.291 e. The largest absolute Gasteiger partial charge is 0.421 e. The van der Waals surface area contributed by atoms with Crippen molar-refractivity contribution in [2.24, 2.45) is 0 Å². The van der Waals surface area contributed by atoms with Crippen molar-refractivity contribution in [1.82, 2.24) is 20.4 Å². The van der Waals surface area contributed by atoms with Gasteiger partial charge in [-0.15, -0.1) is 20.4 Å². The Labute approximate surface area is 145 Å². The Balaban J connectivity index is 1.54. The van der Waals surface area contributed by atoms with Crippen molar-refractivity contribution in [2.75, 3.05) is 5.32 Å². The molecule has 0 spiro atoms. The van der Waals surface area contributed by atoms with Crippen molar-refractivity contribution in [3.05, 3.63) is 40.7 Å². The molecule has 2 heterocycles. The average molecular weight is 365 g/mol. The number of hydrogen-bond acceptors (Lipinski definition) is 7. The second-order valence-corrected chi connectivity index (χ2v) is 6.17. The number of amides is 1. The Morgan fingerprint density at radius 2 is 1.96 bits per heavy atom. The first kappa shape index (κ1) is 17.1. The van der Waals surface area contributed by atoms with E-state index >= 15 is 0 Å². The number of hydrogen-bond donors (Lipinski definition) is 1. The van der Waals surface area contributed by atoms with E-state index in [1.807, 2.05) is 31.2 Å². The fourth-order valence-electron chi connectivity index (χ4n) is 1.94. The Morgan fingerprint density at radius 1 is 1.20 bits per heavy atom. The van der Waals surface area contributed by atoms with E-state index in [1.165, 1.54) is 0 Å². The van der Waals surface area contributed by atoms with Crippen LogP contribution in [0.15, 0.2) is 28.7 Å². The Hall–Kier alpha value is -2.75. The van der Waals surface area contributed by atoms with Crippen LogP contribution in [0.5, 0.6) is 0 Å². The van der Waals surface area contributed by atoms with Gasteiger partial charge in [0.05, 0.1) is 0 Å². The molecule has 0 saturated carbocycles. The van der Waals surface area contributed by atoms with Crippen LogP contribution in [-0.2, 0) is 11.2 Å². The molecule has 0 unspecified atom stereocenters. The maximum atomic E-state index is 12.4. The third kappa shape index (κ3) is 4.41. The molecular weight excluding hydrogens is 352 g/mol. The third-order valence-corrected chi connectivity index (χ3v) is 4.05. The molecule has 3 rings (SSSR count). The highest BCUT2D eigenvalue weighted by Crippen LogP contribution is 2.25. The second-order valence-electron chi connectivity index (χ2n) is 5.16. The van der Waals surface area contributed by atoms with E-state index in [-0.39, 0.29) is 18.0 Å². The van der Waals surface area contributed by atoms with E-state index in [0.29, 0.717) is 23.1 Å². The number of halogens is 2. The number of nitrogens with zero attached hydrogens (tertiary/aromatic N) is 4. The Morgan fingerprint density at radius 3 is 2.64 bits per heavy atom. The van der Waals surface area contributed by atoms with Gasteiger partial charge >= 0.3 is 0 Å². The van der Waals surface area contributed by atoms with Crippen LogP contribution in [0, 0.1) is 6.92 Å². The lowest BCUT2D eigenvalue weighted by Gasteiger charge is -1.98. The van der Waals surface area contributed by atoms with Gasteiger partial charge < -0.3 is 9.73 Å². The molecule has 0 atom stereocenters. The number of rotatable bonds is 6. The lowest BCUT2D eigenvalue weighted by Crippen LogP contribution is -2.12. The van der Waals surface area contributed by atoms with E-state index in [2.05, 4.69) is 25.7 Å². The number of anilines is 1. The van der Waals surface area contributed by atoms with Crippen LogP contribution in [0.1, 0.15) is 29.3 Å². The number of nitrogens with one attached hydrogen (secondary N) is 1. The number of carbonyl (C=O) groups is 1. The molecule has 0 bridgehead atoms. The normalized spacial score (nSPS) is 11.0. The first-order valence-electron chi connectivity index (χ1n) is 7.32. The van der Waals surface area contributed by atoms with Gasteiger partial charge in [-0.3, -0.25) is 4.79 Å². The van der Waals surface area contributed by atoms with Crippen molar-refractivity contribution < 1.29 is 18.0 Å². The quantitative estimate of drug-likeness (QED) is 0.719. The van der Waals surface area contributed by atoms with E-state index in [4.69, 9.17) is 4.42 Å². The highest BCUT2D eigenvalue weighted by Gasteiger charge is 2.16. The molecule has 130 valence electrons. The number of alkyl halides is 2. The summed E-state index contributed by atoms with van der Waals surface area (Å²) >= 11 is 0.638. The lowest BCUT2D eigenvalue weighted by atomic mass is 10.1.